The largest absolute Gasteiger partial charge is 0.497 e. The average Bonchev–Trinajstić information content (AvgIpc) is 2.54. The third-order valence-corrected chi connectivity index (χ3v) is 2.77. The van der Waals surface area contributed by atoms with E-state index in [1.54, 1.807) is 31.4 Å². The van der Waals surface area contributed by atoms with Gasteiger partial charge >= 0.3 is 5.97 Å². The van der Waals surface area contributed by atoms with Crippen LogP contribution in [0.1, 0.15) is 11.1 Å². The van der Waals surface area contributed by atoms with Crippen molar-refractivity contribution in [2.24, 2.45) is 0 Å². The van der Waals surface area contributed by atoms with E-state index in [2.05, 4.69) is 0 Å². The Morgan fingerprint density at radius 3 is 1.86 bits per heavy atom. The van der Waals surface area contributed by atoms with Crippen LogP contribution in [-0.2, 0) is 4.79 Å². The Morgan fingerprint density at radius 1 is 0.952 bits per heavy atom. The molecule has 0 bridgehead atoms. The van der Waals surface area contributed by atoms with Crippen LogP contribution in [0.5, 0.6) is 11.5 Å². The maximum Gasteiger partial charge on any atom is 0.416 e. The first-order valence-electron chi connectivity index (χ1n) is 6.25. The molecule has 2 aromatic rings. The fourth-order valence-electron chi connectivity index (χ4n) is 1.68. The molecule has 0 aliphatic heterocycles. The molecule has 0 saturated carbocycles. The van der Waals surface area contributed by atoms with Gasteiger partial charge in [-0.25, -0.2) is 4.79 Å². The third-order valence-electron chi connectivity index (χ3n) is 2.77. The summed E-state index contributed by atoms with van der Waals surface area (Å²) in [7, 11) is 1.63. The van der Waals surface area contributed by atoms with Crippen molar-refractivity contribution >= 4 is 18.1 Å². The number of nitriles is 1. The normalized spacial score (nSPS) is 10.1. The van der Waals surface area contributed by atoms with Crippen LogP contribution in [0.15, 0.2) is 48.5 Å². The number of carbonyl (C=O) groups excluding carboxylic acids is 1. The molecule has 0 aliphatic rings. The minimum absolute atomic E-state index is 0.350. The predicted octanol–water partition coefficient (Wildman–Crippen LogP) is 3.29. The third kappa shape index (κ3) is 4.22. The maximum absolute atomic E-state index is 10.8. The van der Waals surface area contributed by atoms with Crippen LogP contribution in [0, 0.1) is 11.3 Å². The predicted molar refractivity (Wildman–Crippen MR) is 79.6 cm³/mol. The quantitative estimate of drug-likeness (QED) is 0.373. The summed E-state index contributed by atoms with van der Waals surface area (Å²) in [4.78, 5) is 10.8. The molecule has 0 unspecified atom stereocenters. The van der Waals surface area contributed by atoms with Gasteiger partial charge in [0.15, 0.2) is 6.07 Å². The number of nitrogens with zero attached hydrogens (tertiary/aromatic N) is 1. The number of rotatable bonds is 4. The minimum Gasteiger partial charge on any atom is -0.497 e. The molecule has 0 heterocycles. The number of ether oxygens (including phenoxy) is 2. The van der Waals surface area contributed by atoms with Crippen molar-refractivity contribution in [1.82, 2.24) is 0 Å². The fraction of sp³-hybridized carbons (Fsp3) is 0.0588. The molecule has 0 saturated heterocycles. The van der Waals surface area contributed by atoms with E-state index in [-0.39, 0.29) is 0 Å². The van der Waals surface area contributed by atoms with E-state index in [0.717, 1.165) is 16.9 Å². The van der Waals surface area contributed by atoms with Crippen LogP contribution in [0.3, 0.4) is 0 Å². The lowest BCUT2D eigenvalue weighted by molar-refractivity contribution is -0.128. The topological polar surface area (TPSA) is 59.3 Å². The zero-order chi connectivity index (χ0) is 15.1. The molecule has 2 rings (SSSR count). The van der Waals surface area contributed by atoms with Crippen molar-refractivity contribution < 1.29 is 14.3 Å². The van der Waals surface area contributed by atoms with Gasteiger partial charge in [-0.05, 0) is 35.4 Å². The smallest absolute Gasteiger partial charge is 0.416 e. The Balaban J connectivity index is 2.03. The summed E-state index contributed by atoms with van der Waals surface area (Å²) in [5.74, 6) is 0.246. The van der Waals surface area contributed by atoms with Crippen LogP contribution >= 0.6 is 0 Å². The maximum atomic E-state index is 10.8. The number of esters is 1. The van der Waals surface area contributed by atoms with E-state index in [1.165, 1.54) is 6.07 Å². The van der Waals surface area contributed by atoms with Crippen molar-refractivity contribution in [3.63, 3.8) is 0 Å². The highest BCUT2D eigenvalue weighted by Crippen LogP contribution is 2.16. The first kappa shape index (κ1) is 14.4. The van der Waals surface area contributed by atoms with Crippen molar-refractivity contribution in [2.75, 3.05) is 7.11 Å². The molecule has 0 amide bonds. The lowest BCUT2D eigenvalue weighted by Crippen LogP contribution is -2.03. The molecule has 21 heavy (non-hydrogen) atoms. The van der Waals surface area contributed by atoms with Crippen LogP contribution in [0.25, 0.3) is 12.2 Å². The molecule has 0 spiro atoms. The van der Waals surface area contributed by atoms with Crippen molar-refractivity contribution in [3.05, 3.63) is 59.7 Å². The molecule has 4 heteroatoms. The highest BCUT2D eigenvalue weighted by molar-refractivity contribution is 5.87. The zero-order valence-corrected chi connectivity index (χ0v) is 11.4. The van der Waals surface area contributed by atoms with Crippen molar-refractivity contribution in [1.29, 1.82) is 5.26 Å². The van der Waals surface area contributed by atoms with Crippen LogP contribution in [0.2, 0.25) is 0 Å². The van der Waals surface area contributed by atoms with Gasteiger partial charge in [-0.3, -0.25) is 0 Å². The molecule has 0 fully saturated rings. The summed E-state index contributed by atoms with van der Waals surface area (Å²) < 4.78 is 9.87. The van der Waals surface area contributed by atoms with Gasteiger partial charge in [-0.1, -0.05) is 36.4 Å². The van der Waals surface area contributed by atoms with Crippen molar-refractivity contribution in [3.8, 4) is 17.6 Å². The second-order valence-corrected chi connectivity index (χ2v) is 4.18. The van der Waals surface area contributed by atoms with Gasteiger partial charge < -0.3 is 9.47 Å². The summed E-state index contributed by atoms with van der Waals surface area (Å²) in [5, 5.41) is 8.35. The van der Waals surface area contributed by atoms with Gasteiger partial charge in [-0.15, -0.1) is 0 Å². The number of hydrogen-bond donors (Lipinski definition) is 0. The SMILES string of the molecule is COc1ccc(C=Cc2ccc(OC(=O)C#N)cc2)cc1. The number of methoxy groups -OCH3 is 1. The monoisotopic (exact) mass is 279 g/mol. The molecular weight excluding hydrogens is 266 g/mol. The highest BCUT2D eigenvalue weighted by atomic mass is 16.5. The van der Waals surface area contributed by atoms with Gasteiger partial charge in [0, 0.05) is 0 Å². The number of hydrogen-bond acceptors (Lipinski definition) is 4. The van der Waals surface area contributed by atoms with Crippen LogP contribution in [-0.4, -0.2) is 13.1 Å². The van der Waals surface area contributed by atoms with E-state index in [9.17, 15) is 4.79 Å². The summed E-state index contributed by atoms with van der Waals surface area (Å²) in [6, 6.07) is 16.0. The summed E-state index contributed by atoms with van der Waals surface area (Å²) >= 11 is 0. The molecular formula is C17H13NO3. The Bertz CT molecular complexity index is 679. The van der Waals surface area contributed by atoms with Crippen LogP contribution in [0.4, 0.5) is 0 Å². The summed E-state index contributed by atoms with van der Waals surface area (Å²) in [6.07, 6.45) is 3.91. The first-order valence-corrected chi connectivity index (χ1v) is 6.25. The summed E-state index contributed by atoms with van der Waals surface area (Å²) in [5.41, 5.74) is 2.01. The molecule has 4 nitrogen and oxygen atoms in total. The molecule has 0 radical (unpaired) electrons. The van der Waals surface area contributed by atoms with E-state index < -0.39 is 5.97 Å². The molecule has 2 aromatic carbocycles. The molecule has 104 valence electrons. The number of benzene rings is 2. The van der Waals surface area contributed by atoms with E-state index in [4.69, 9.17) is 14.7 Å². The van der Waals surface area contributed by atoms with Gasteiger partial charge in [0.1, 0.15) is 11.5 Å². The molecule has 0 aliphatic carbocycles. The standard InChI is InChI=1S/C17H13NO3/c1-20-15-8-4-13(5-9-15)2-3-14-6-10-16(11-7-14)21-17(19)12-18/h2-11H,1H3. The zero-order valence-electron chi connectivity index (χ0n) is 11.4. The minimum atomic E-state index is -0.920. The molecule has 0 aromatic heterocycles. The fourth-order valence-corrected chi connectivity index (χ4v) is 1.68. The molecule has 0 N–H and O–H groups in total. The average molecular weight is 279 g/mol. The summed E-state index contributed by atoms with van der Waals surface area (Å²) in [6.45, 7) is 0. The Kier molecular flexibility index (Phi) is 4.73. The molecule has 0 atom stereocenters. The second-order valence-electron chi connectivity index (χ2n) is 4.18. The van der Waals surface area contributed by atoms with Crippen LogP contribution < -0.4 is 9.47 Å². The van der Waals surface area contributed by atoms with E-state index in [0.29, 0.717) is 5.75 Å². The van der Waals surface area contributed by atoms with E-state index >= 15 is 0 Å². The first-order chi connectivity index (χ1) is 10.2. The Labute approximate surface area is 122 Å². The van der Waals surface area contributed by atoms with Gasteiger partial charge in [0.25, 0.3) is 0 Å². The lowest BCUT2D eigenvalue weighted by Gasteiger charge is -2.00. The lowest BCUT2D eigenvalue weighted by atomic mass is 10.1. The van der Waals surface area contributed by atoms with Gasteiger partial charge in [0.2, 0.25) is 0 Å². The Hall–Kier alpha value is -3.06. The number of carbonyl (C=O) groups is 1. The van der Waals surface area contributed by atoms with E-state index in [1.807, 2.05) is 36.4 Å². The van der Waals surface area contributed by atoms with Gasteiger partial charge in [0.05, 0.1) is 7.11 Å². The second kappa shape index (κ2) is 6.92. The van der Waals surface area contributed by atoms with Crippen molar-refractivity contribution in [2.45, 2.75) is 0 Å². The highest BCUT2D eigenvalue weighted by Gasteiger charge is 2.01. The van der Waals surface area contributed by atoms with Gasteiger partial charge in [-0.2, -0.15) is 5.26 Å². The Morgan fingerprint density at radius 2 is 1.43 bits per heavy atom.